The molecule has 3 atom stereocenters. The number of hydrogen-bond acceptors (Lipinski definition) is 9. The lowest BCUT2D eigenvalue weighted by molar-refractivity contribution is 0.0909. The van der Waals surface area contributed by atoms with Gasteiger partial charge in [-0.15, -0.1) is 0 Å². The van der Waals surface area contributed by atoms with Gasteiger partial charge in [0.15, 0.2) is 0 Å². The first-order valence-corrected chi connectivity index (χ1v) is 12.1. The predicted molar refractivity (Wildman–Crippen MR) is 126 cm³/mol. The summed E-state index contributed by atoms with van der Waals surface area (Å²) in [6, 6.07) is 3.57. The Labute approximate surface area is 203 Å². The molecule has 2 aliphatic heterocycles. The number of nitrogens with zero attached hydrogens (tertiary/aromatic N) is 6. The summed E-state index contributed by atoms with van der Waals surface area (Å²) in [6.07, 6.45) is 3.95. The van der Waals surface area contributed by atoms with E-state index in [1.165, 1.54) is 0 Å². The zero-order valence-electron chi connectivity index (χ0n) is 19.9. The van der Waals surface area contributed by atoms with E-state index in [1.54, 1.807) is 20.0 Å². The summed E-state index contributed by atoms with van der Waals surface area (Å²) in [4.78, 5) is 36.8. The number of ether oxygens (including phenoxy) is 1. The SMILES string of the molecule is C[C@H](CO)NC(=O)c1nc(OCC2CC2(C)F)nc(N2CCC(C3=NCc4ncccc43)CC2)n1. The largest absolute Gasteiger partial charge is 0.463 e. The second-order valence-corrected chi connectivity index (χ2v) is 9.75. The number of fused-ring (bicyclic) bond motifs is 1. The normalized spacial score (nSPS) is 24.5. The van der Waals surface area contributed by atoms with Crippen LogP contribution in [0.2, 0.25) is 0 Å². The molecule has 1 amide bonds. The fraction of sp³-hybridized carbons (Fsp3) is 0.583. The van der Waals surface area contributed by atoms with Crippen LogP contribution in [0.3, 0.4) is 0 Å². The number of amides is 1. The van der Waals surface area contributed by atoms with Gasteiger partial charge in [-0.05, 0) is 45.2 Å². The maximum absolute atomic E-state index is 13.9. The van der Waals surface area contributed by atoms with Crippen molar-refractivity contribution in [1.29, 1.82) is 0 Å². The fourth-order valence-corrected chi connectivity index (χ4v) is 4.56. The summed E-state index contributed by atoms with van der Waals surface area (Å²) in [7, 11) is 0. The van der Waals surface area contributed by atoms with E-state index in [1.807, 2.05) is 11.0 Å². The molecule has 2 aromatic heterocycles. The molecule has 0 spiro atoms. The third kappa shape index (κ3) is 5.09. The highest BCUT2D eigenvalue weighted by molar-refractivity contribution is 6.04. The number of anilines is 1. The van der Waals surface area contributed by atoms with Crippen LogP contribution in [0.4, 0.5) is 10.3 Å². The van der Waals surface area contributed by atoms with Gasteiger partial charge in [-0.2, -0.15) is 15.0 Å². The molecular weight excluding hydrogens is 453 g/mol. The molecule has 0 radical (unpaired) electrons. The zero-order valence-corrected chi connectivity index (χ0v) is 19.9. The Hall–Kier alpha value is -3.21. The van der Waals surface area contributed by atoms with Crippen LogP contribution < -0.4 is 15.0 Å². The highest BCUT2D eigenvalue weighted by Crippen LogP contribution is 2.46. The Morgan fingerprint density at radius 1 is 1.34 bits per heavy atom. The molecular formula is C24H30FN7O3. The van der Waals surface area contributed by atoms with Crippen molar-refractivity contribution >= 4 is 17.6 Å². The quantitative estimate of drug-likeness (QED) is 0.581. The number of alkyl halides is 1. The highest BCUT2D eigenvalue weighted by Gasteiger charge is 2.51. The molecule has 2 fully saturated rings. The number of rotatable bonds is 8. The molecule has 1 aliphatic carbocycles. The molecule has 11 heteroatoms. The van der Waals surface area contributed by atoms with E-state index in [9.17, 15) is 14.3 Å². The van der Waals surface area contributed by atoms with Crippen molar-refractivity contribution in [3.8, 4) is 6.01 Å². The van der Waals surface area contributed by atoms with E-state index >= 15 is 0 Å². The number of carbonyl (C=O) groups excluding carboxylic acids is 1. The lowest BCUT2D eigenvalue weighted by Gasteiger charge is -2.32. The van der Waals surface area contributed by atoms with Gasteiger partial charge in [-0.25, -0.2) is 4.39 Å². The van der Waals surface area contributed by atoms with Crippen LogP contribution in [-0.4, -0.2) is 74.7 Å². The van der Waals surface area contributed by atoms with Gasteiger partial charge in [0.25, 0.3) is 5.91 Å². The van der Waals surface area contributed by atoms with Crippen LogP contribution in [0.25, 0.3) is 0 Å². The minimum Gasteiger partial charge on any atom is -0.463 e. The molecule has 4 heterocycles. The first-order valence-electron chi connectivity index (χ1n) is 12.1. The van der Waals surface area contributed by atoms with Gasteiger partial charge in [-0.1, -0.05) is 0 Å². The number of aliphatic hydroxyl groups is 1. The first kappa shape index (κ1) is 23.5. The summed E-state index contributed by atoms with van der Waals surface area (Å²) in [5.41, 5.74) is 2.05. The summed E-state index contributed by atoms with van der Waals surface area (Å²) in [5, 5.41) is 11.9. The van der Waals surface area contributed by atoms with E-state index in [0.717, 1.165) is 29.8 Å². The monoisotopic (exact) mass is 483 g/mol. The Morgan fingerprint density at radius 2 is 2.11 bits per heavy atom. The summed E-state index contributed by atoms with van der Waals surface area (Å²) >= 11 is 0. The average molecular weight is 484 g/mol. The second kappa shape index (κ2) is 9.44. The highest BCUT2D eigenvalue weighted by atomic mass is 19.1. The van der Waals surface area contributed by atoms with Crippen molar-refractivity contribution in [3.63, 3.8) is 0 Å². The zero-order chi connectivity index (χ0) is 24.6. The van der Waals surface area contributed by atoms with Crippen LogP contribution in [-0.2, 0) is 6.54 Å². The minimum atomic E-state index is -1.23. The van der Waals surface area contributed by atoms with E-state index in [-0.39, 0.29) is 31.0 Å². The predicted octanol–water partition coefficient (Wildman–Crippen LogP) is 1.72. The van der Waals surface area contributed by atoms with E-state index < -0.39 is 17.6 Å². The van der Waals surface area contributed by atoms with Crippen molar-refractivity contribution in [2.24, 2.45) is 16.8 Å². The number of halogens is 1. The summed E-state index contributed by atoms with van der Waals surface area (Å²) in [5.74, 6) is -0.161. The van der Waals surface area contributed by atoms with Crippen LogP contribution >= 0.6 is 0 Å². The number of piperidine rings is 1. The molecule has 2 aromatic rings. The Balaban J connectivity index is 1.30. The molecule has 1 saturated carbocycles. The fourth-order valence-electron chi connectivity index (χ4n) is 4.56. The third-order valence-corrected chi connectivity index (χ3v) is 6.94. The molecule has 2 unspecified atom stereocenters. The van der Waals surface area contributed by atoms with Crippen LogP contribution in [0.15, 0.2) is 23.3 Å². The lowest BCUT2D eigenvalue weighted by atomic mass is 9.88. The van der Waals surface area contributed by atoms with Gasteiger partial charge < -0.3 is 20.1 Å². The van der Waals surface area contributed by atoms with E-state index in [0.29, 0.717) is 37.9 Å². The molecule has 10 nitrogen and oxygen atoms in total. The molecule has 1 saturated heterocycles. The van der Waals surface area contributed by atoms with Crippen LogP contribution in [0.5, 0.6) is 6.01 Å². The molecule has 0 aromatic carbocycles. The maximum Gasteiger partial charge on any atom is 0.321 e. The average Bonchev–Trinajstić information content (AvgIpc) is 3.27. The number of aliphatic imine (C=N–C) groups is 1. The Kier molecular flexibility index (Phi) is 6.35. The molecule has 0 bridgehead atoms. The van der Waals surface area contributed by atoms with Gasteiger partial charge in [0.2, 0.25) is 11.8 Å². The van der Waals surface area contributed by atoms with Crippen LogP contribution in [0, 0.1) is 11.8 Å². The van der Waals surface area contributed by atoms with Gasteiger partial charge in [0.1, 0.15) is 5.67 Å². The van der Waals surface area contributed by atoms with Crippen molar-refractivity contribution in [3.05, 3.63) is 35.4 Å². The van der Waals surface area contributed by atoms with Crippen molar-refractivity contribution in [2.45, 2.75) is 51.4 Å². The van der Waals surface area contributed by atoms with Gasteiger partial charge in [0, 0.05) is 48.4 Å². The number of carbonyl (C=O) groups is 1. The van der Waals surface area contributed by atoms with E-state index in [2.05, 4.69) is 31.3 Å². The molecule has 5 rings (SSSR count). The first-order chi connectivity index (χ1) is 16.8. The van der Waals surface area contributed by atoms with Crippen LogP contribution in [0.1, 0.15) is 55.0 Å². The van der Waals surface area contributed by atoms with E-state index in [4.69, 9.17) is 9.73 Å². The van der Waals surface area contributed by atoms with Crippen molar-refractivity contribution in [2.75, 3.05) is 31.2 Å². The molecule has 186 valence electrons. The van der Waals surface area contributed by atoms with Gasteiger partial charge >= 0.3 is 6.01 Å². The Bertz CT molecular complexity index is 1130. The standard InChI is InChI=1S/C24H30FN7O3/c1-14(12-33)28-21(34)20-29-22(31-23(30-20)35-13-16-10-24(16,2)25)32-8-5-15(6-9-32)19-17-4-3-7-26-18(17)11-27-19/h3-4,7,14-16,33H,5-6,8-13H2,1-2H3,(H,28,34)/t14-,16?,24?/m1/s1. The number of nitrogens with one attached hydrogen (secondary N) is 1. The molecule has 3 aliphatic rings. The number of hydrogen-bond donors (Lipinski definition) is 2. The maximum atomic E-state index is 13.9. The number of pyridine rings is 1. The smallest absolute Gasteiger partial charge is 0.321 e. The minimum absolute atomic E-state index is 0.00166. The Morgan fingerprint density at radius 3 is 2.83 bits per heavy atom. The summed E-state index contributed by atoms with van der Waals surface area (Å²) in [6.45, 7) is 5.15. The third-order valence-electron chi connectivity index (χ3n) is 6.94. The molecule has 35 heavy (non-hydrogen) atoms. The number of aliphatic hydroxyl groups excluding tert-OH is 1. The lowest BCUT2D eigenvalue weighted by Crippen LogP contribution is -2.39. The molecule has 2 N–H and O–H groups in total. The second-order valence-electron chi connectivity index (χ2n) is 9.75. The van der Waals surface area contributed by atoms with Crippen molar-refractivity contribution < 1.29 is 19.0 Å². The van der Waals surface area contributed by atoms with Gasteiger partial charge in [0.05, 0.1) is 25.5 Å². The summed E-state index contributed by atoms with van der Waals surface area (Å²) < 4.78 is 19.6. The van der Waals surface area contributed by atoms with Gasteiger partial charge in [-0.3, -0.25) is 14.8 Å². The van der Waals surface area contributed by atoms with Crippen molar-refractivity contribution in [1.82, 2.24) is 25.3 Å². The number of aromatic nitrogens is 4. The topological polar surface area (TPSA) is 126 Å².